The fourth-order valence-corrected chi connectivity index (χ4v) is 7.68. The highest BCUT2D eigenvalue weighted by molar-refractivity contribution is 5.15. The zero-order valence-corrected chi connectivity index (χ0v) is 17.1. The first-order chi connectivity index (χ1) is 13.4. The zero-order valence-electron chi connectivity index (χ0n) is 17.1. The summed E-state index contributed by atoms with van der Waals surface area (Å²) in [5.41, 5.74) is 0. The minimum absolute atomic E-state index is 0.728. The number of allylic oxidation sites excluding steroid dienone is 2. The Morgan fingerprint density at radius 3 is 1.56 bits per heavy atom. The van der Waals surface area contributed by atoms with Gasteiger partial charge in [0.1, 0.15) is 0 Å². The number of hydrogen-bond donors (Lipinski definition) is 2. The van der Waals surface area contributed by atoms with E-state index in [1.807, 2.05) is 0 Å². The van der Waals surface area contributed by atoms with Crippen molar-refractivity contribution in [2.45, 2.75) is 82.7 Å². The van der Waals surface area contributed by atoms with Crippen molar-refractivity contribution < 1.29 is 0 Å². The van der Waals surface area contributed by atoms with Crippen LogP contribution in [0.3, 0.4) is 0 Å². The Labute approximate surface area is 166 Å². The highest BCUT2D eigenvalue weighted by Gasteiger charge is 2.43. The van der Waals surface area contributed by atoms with Crippen LogP contribution in [0.2, 0.25) is 0 Å². The van der Waals surface area contributed by atoms with Gasteiger partial charge in [0.05, 0.1) is 0 Å². The van der Waals surface area contributed by atoms with Crippen LogP contribution in [0.4, 0.5) is 0 Å². The molecule has 1 heterocycles. The van der Waals surface area contributed by atoms with Crippen LogP contribution < -0.4 is 10.6 Å². The Balaban J connectivity index is 1.33. The first-order valence-corrected chi connectivity index (χ1v) is 12.2. The molecule has 4 saturated carbocycles. The van der Waals surface area contributed by atoms with Crippen molar-refractivity contribution >= 4 is 0 Å². The van der Waals surface area contributed by atoms with Crippen molar-refractivity contribution in [2.24, 2.45) is 35.5 Å². The van der Waals surface area contributed by atoms with E-state index < -0.39 is 0 Å². The molecule has 5 rings (SSSR count). The molecular formula is C25H40N2. The normalized spacial score (nSPS) is 50.1. The SMILES string of the molecule is C1=C\[C@H]2[C@@H]3CCCC[C@H]3C[C@H]2NCCCN[C@@H]2C[C@@H]3CCCC[C@H]3[C@@H]2\C=C/1. The minimum Gasteiger partial charge on any atom is -0.313 e. The van der Waals surface area contributed by atoms with Crippen LogP contribution in [0.15, 0.2) is 24.3 Å². The van der Waals surface area contributed by atoms with Crippen molar-refractivity contribution in [3.8, 4) is 0 Å². The molecule has 0 saturated heterocycles. The molecular weight excluding hydrogens is 328 g/mol. The van der Waals surface area contributed by atoms with Gasteiger partial charge < -0.3 is 10.6 Å². The summed E-state index contributed by atoms with van der Waals surface area (Å²) in [6.07, 6.45) is 26.0. The van der Waals surface area contributed by atoms with Crippen molar-refractivity contribution in [1.29, 1.82) is 0 Å². The van der Waals surface area contributed by atoms with Crippen molar-refractivity contribution in [3.63, 3.8) is 0 Å². The lowest BCUT2D eigenvalue weighted by Gasteiger charge is -2.28. The van der Waals surface area contributed by atoms with Crippen LogP contribution in [0.25, 0.3) is 0 Å². The summed E-state index contributed by atoms with van der Waals surface area (Å²) in [5.74, 6) is 5.43. The molecule has 8 atom stereocenters. The maximum Gasteiger partial charge on any atom is 0.0135 e. The van der Waals surface area contributed by atoms with Crippen LogP contribution in [-0.4, -0.2) is 25.2 Å². The van der Waals surface area contributed by atoms with Gasteiger partial charge in [-0.15, -0.1) is 0 Å². The predicted molar refractivity (Wildman–Crippen MR) is 114 cm³/mol. The standard InChI is InChI=1S/C25H40N2/c1-3-10-20-18(8-1)16-24-22(20)12-5-6-13-23-21-11-4-2-9-19(21)17-25(23)27-15-7-14-26-24/h5-6,12-13,18-27H,1-4,7-11,14-17H2/b12-5-,13-6-/t18-,19-,20+,21+,22-,23-,24+,25+/m0/s1. The molecule has 0 aromatic carbocycles. The molecule has 2 nitrogen and oxygen atoms in total. The van der Waals surface area contributed by atoms with E-state index in [0.717, 1.165) is 47.6 Å². The lowest BCUT2D eigenvalue weighted by molar-refractivity contribution is 0.247. The molecule has 0 aromatic heterocycles. The van der Waals surface area contributed by atoms with E-state index in [1.165, 1.54) is 83.7 Å². The largest absolute Gasteiger partial charge is 0.313 e. The Bertz CT molecular complexity index is 505. The number of nitrogens with one attached hydrogen (secondary N) is 2. The van der Waals surface area contributed by atoms with Crippen molar-refractivity contribution in [3.05, 3.63) is 24.3 Å². The van der Waals surface area contributed by atoms with Gasteiger partial charge in [0, 0.05) is 12.1 Å². The smallest absolute Gasteiger partial charge is 0.0135 e. The average Bonchev–Trinajstić information content (AvgIpc) is 3.22. The van der Waals surface area contributed by atoms with Gasteiger partial charge in [0.25, 0.3) is 0 Å². The van der Waals surface area contributed by atoms with Gasteiger partial charge in [0.15, 0.2) is 0 Å². The van der Waals surface area contributed by atoms with Crippen LogP contribution in [0.1, 0.15) is 70.6 Å². The summed E-state index contributed by atoms with van der Waals surface area (Å²) in [7, 11) is 0. The lowest BCUT2D eigenvalue weighted by atomic mass is 9.77. The predicted octanol–water partition coefficient (Wildman–Crippen LogP) is 5.07. The van der Waals surface area contributed by atoms with E-state index in [9.17, 15) is 0 Å². The topological polar surface area (TPSA) is 24.1 Å². The van der Waals surface area contributed by atoms with Gasteiger partial charge >= 0.3 is 0 Å². The average molecular weight is 369 g/mol. The number of hydrogen-bond acceptors (Lipinski definition) is 2. The summed E-state index contributed by atoms with van der Waals surface area (Å²) < 4.78 is 0. The summed E-state index contributed by atoms with van der Waals surface area (Å²) in [5, 5.41) is 7.94. The molecule has 0 amide bonds. The van der Waals surface area contributed by atoms with Crippen LogP contribution in [-0.2, 0) is 0 Å². The number of fused-ring (bicyclic) bond motifs is 6. The quantitative estimate of drug-likeness (QED) is 0.624. The second-order valence-electron chi connectivity index (χ2n) is 10.3. The molecule has 0 spiro atoms. The summed E-state index contributed by atoms with van der Waals surface area (Å²) >= 11 is 0. The second-order valence-corrected chi connectivity index (χ2v) is 10.3. The monoisotopic (exact) mass is 368 g/mol. The first kappa shape index (κ1) is 18.4. The van der Waals surface area contributed by atoms with Crippen LogP contribution in [0, 0.1) is 35.5 Å². The van der Waals surface area contributed by atoms with Gasteiger partial charge in [-0.05, 0) is 80.7 Å². The van der Waals surface area contributed by atoms with Gasteiger partial charge in [0.2, 0.25) is 0 Å². The molecule has 27 heavy (non-hydrogen) atoms. The summed E-state index contributed by atoms with van der Waals surface area (Å²) in [4.78, 5) is 0. The number of rotatable bonds is 0. The maximum atomic E-state index is 3.97. The molecule has 0 aromatic rings. The van der Waals surface area contributed by atoms with Gasteiger partial charge in [-0.1, -0.05) is 62.8 Å². The second kappa shape index (κ2) is 8.41. The molecule has 4 aliphatic carbocycles. The molecule has 5 aliphatic rings. The summed E-state index contributed by atoms with van der Waals surface area (Å²) in [6, 6.07) is 1.46. The Hall–Kier alpha value is -0.600. The van der Waals surface area contributed by atoms with Crippen LogP contribution >= 0.6 is 0 Å². The molecule has 4 fully saturated rings. The Morgan fingerprint density at radius 2 is 1.04 bits per heavy atom. The molecule has 2 heteroatoms. The Kier molecular flexibility index (Phi) is 5.74. The molecule has 0 radical (unpaired) electrons. The maximum absolute atomic E-state index is 3.97. The van der Waals surface area contributed by atoms with E-state index in [-0.39, 0.29) is 0 Å². The lowest BCUT2D eigenvalue weighted by Crippen LogP contribution is -2.37. The van der Waals surface area contributed by atoms with E-state index in [2.05, 4.69) is 34.9 Å². The fraction of sp³-hybridized carbons (Fsp3) is 0.840. The van der Waals surface area contributed by atoms with Crippen molar-refractivity contribution in [1.82, 2.24) is 10.6 Å². The third-order valence-electron chi connectivity index (χ3n) is 8.91. The molecule has 150 valence electrons. The van der Waals surface area contributed by atoms with Crippen LogP contribution in [0.5, 0.6) is 0 Å². The van der Waals surface area contributed by atoms with E-state index in [0.29, 0.717) is 0 Å². The van der Waals surface area contributed by atoms with Crippen molar-refractivity contribution in [2.75, 3.05) is 13.1 Å². The Morgan fingerprint density at radius 1 is 0.556 bits per heavy atom. The summed E-state index contributed by atoms with van der Waals surface area (Å²) in [6.45, 7) is 2.39. The fourth-order valence-electron chi connectivity index (χ4n) is 7.68. The third kappa shape index (κ3) is 3.81. The van der Waals surface area contributed by atoms with Gasteiger partial charge in [-0.2, -0.15) is 0 Å². The van der Waals surface area contributed by atoms with E-state index >= 15 is 0 Å². The molecule has 1 aliphatic heterocycles. The van der Waals surface area contributed by atoms with Gasteiger partial charge in [-0.3, -0.25) is 0 Å². The molecule has 0 unspecified atom stereocenters. The first-order valence-electron chi connectivity index (χ1n) is 12.2. The molecule has 2 N–H and O–H groups in total. The molecule has 0 bridgehead atoms. The highest BCUT2D eigenvalue weighted by atomic mass is 15.0. The zero-order chi connectivity index (χ0) is 18.1. The highest BCUT2D eigenvalue weighted by Crippen LogP contribution is 2.48. The van der Waals surface area contributed by atoms with Gasteiger partial charge in [-0.25, -0.2) is 0 Å². The van der Waals surface area contributed by atoms with E-state index in [1.54, 1.807) is 0 Å². The third-order valence-corrected chi connectivity index (χ3v) is 8.91. The van der Waals surface area contributed by atoms with E-state index in [4.69, 9.17) is 0 Å². The minimum atomic E-state index is 0.728.